The molecule has 1 saturated carbocycles. The van der Waals surface area contributed by atoms with Crippen molar-refractivity contribution in [2.24, 2.45) is 11.8 Å². The Labute approximate surface area is 116 Å². The number of hydrogen-bond donors (Lipinski definition) is 2. The Bertz CT molecular complexity index is 282. The highest BCUT2D eigenvalue weighted by atomic mass is 35.5. The normalized spacial score (nSPS) is 33.9. The van der Waals surface area contributed by atoms with Crippen LogP contribution in [-0.4, -0.2) is 24.5 Å². The Morgan fingerprint density at radius 3 is 2.33 bits per heavy atom. The summed E-state index contributed by atoms with van der Waals surface area (Å²) in [5.41, 5.74) is 0. The minimum atomic E-state index is 0. The van der Waals surface area contributed by atoms with E-state index in [1.54, 1.807) is 0 Å². The highest BCUT2D eigenvalue weighted by molar-refractivity contribution is 5.85. The second-order valence-electron chi connectivity index (χ2n) is 6.26. The van der Waals surface area contributed by atoms with E-state index >= 15 is 0 Å². The van der Waals surface area contributed by atoms with E-state index in [0.29, 0.717) is 18.0 Å². The van der Waals surface area contributed by atoms with Crippen molar-refractivity contribution in [3.63, 3.8) is 0 Å². The van der Waals surface area contributed by atoms with Gasteiger partial charge >= 0.3 is 0 Å². The van der Waals surface area contributed by atoms with Crippen LogP contribution in [0.4, 0.5) is 0 Å². The van der Waals surface area contributed by atoms with E-state index in [2.05, 4.69) is 10.6 Å². The lowest BCUT2D eigenvalue weighted by Gasteiger charge is -2.28. The molecule has 4 heteroatoms. The Kier molecular flexibility index (Phi) is 4.91. The maximum atomic E-state index is 11.8. The minimum Gasteiger partial charge on any atom is -0.356 e. The van der Waals surface area contributed by atoms with Gasteiger partial charge in [0, 0.05) is 25.0 Å². The van der Waals surface area contributed by atoms with Gasteiger partial charge in [0.25, 0.3) is 0 Å². The predicted molar refractivity (Wildman–Crippen MR) is 74.9 cm³/mol. The summed E-state index contributed by atoms with van der Waals surface area (Å²) in [6.07, 6.45) is 9.80. The Hall–Kier alpha value is -0.280. The SMILES string of the molecule is Cl.O=C(CC1CC2CCC(C1)N2)NCCC1CC1. The molecule has 2 unspecified atom stereocenters. The summed E-state index contributed by atoms with van der Waals surface area (Å²) in [5, 5.41) is 6.72. The quantitative estimate of drug-likeness (QED) is 0.806. The van der Waals surface area contributed by atoms with Crippen LogP contribution in [0.25, 0.3) is 0 Å². The molecule has 2 saturated heterocycles. The molecule has 0 aromatic carbocycles. The first kappa shape index (κ1) is 14.1. The molecule has 3 rings (SSSR count). The van der Waals surface area contributed by atoms with Crippen molar-refractivity contribution in [2.75, 3.05) is 6.54 Å². The molecule has 2 aliphatic heterocycles. The second kappa shape index (κ2) is 6.25. The van der Waals surface area contributed by atoms with Crippen molar-refractivity contribution in [3.05, 3.63) is 0 Å². The number of carbonyl (C=O) groups is 1. The molecule has 0 aromatic heterocycles. The monoisotopic (exact) mass is 272 g/mol. The van der Waals surface area contributed by atoms with Gasteiger partial charge in [-0.2, -0.15) is 0 Å². The van der Waals surface area contributed by atoms with Crippen LogP contribution in [0.2, 0.25) is 0 Å². The average molecular weight is 273 g/mol. The summed E-state index contributed by atoms with van der Waals surface area (Å²) in [7, 11) is 0. The molecule has 104 valence electrons. The first-order chi connectivity index (χ1) is 8.29. The Morgan fingerprint density at radius 1 is 1.06 bits per heavy atom. The summed E-state index contributed by atoms with van der Waals surface area (Å²) in [6.45, 7) is 0.904. The standard InChI is InChI=1S/C14H24N2O.ClH/c17-14(15-6-5-10-1-2-10)9-11-7-12-3-4-13(8-11)16-12;/h10-13,16H,1-9H2,(H,15,17);1H. The van der Waals surface area contributed by atoms with Crippen LogP contribution < -0.4 is 10.6 Å². The van der Waals surface area contributed by atoms with E-state index in [0.717, 1.165) is 18.9 Å². The highest BCUT2D eigenvalue weighted by Crippen LogP contribution is 2.33. The minimum absolute atomic E-state index is 0. The molecular weight excluding hydrogens is 248 g/mol. The third-order valence-corrected chi connectivity index (χ3v) is 4.62. The molecule has 0 radical (unpaired) electrons. The van der Waals surface area contributed by atoms with Gasteiger partial charge in [0.1, 0.15) is 0 Å². The number of piperidine rings is 1. The fourth-order valence-corrected chi connectivity index (χ4v) is 3.50. The summed E-state index contributed by atoms with van der Waals surface area (Å²) in [6, 6.07) is 1.41. The topological polar surface area (TPSA) is 41.1 Å². The lowest BCUT2D eigenvalue weighted by molar-refractivity contribution is -0.122. The van der Waals surface area contributed by atoms with Crippen molar-refractivity contribution in [2.45, 2.75) is 63.5 Å². The van der Waals surface area contributed by atoms with Crippen LogP contribution in [0, 0.1) is 11.8 Å². The molecule has 2 atom stereocenters. The molecule has 18 heavy (non-hydrogen) atoms. The van der Waals surface area contributed by atoms with Gasteiger partial charge in [0.15, 0.2) is 0 Å². The number of fused-ring (bicyclic) bond motifs is 2. The zero-order valence-corrected chi connectivity index (χ0v) is 11.8. The molecule has 2 N–H and O–H groups in total. The van der Waals surface area contributed by atoms with Crippen molar-refractivity contribution >= 4 is 18.3 Å². The lowest BCUT2D eigenvalue weighted by atomic mass is 9.89. The molecule has 1 aliphatic carbocycles. The first-order valence-corrected chi connectivity index (χ1v) is 7.32. The van der Waals surface area contributed by atoms with Crippen molar-refractivity contribution in [1.29, 1.82) is 0 Å². The fourth-order valence-electron chi connectivity index (χ4n) is 3.50. The Balaban J connectivity index is 0.00000120. The van der Waals surface area contributed by atoms with Gasteiger partial charge in [-0.3, -0.25) is 4.79 Å². The van der Waals surface area contributed by atoms with Crippen LogP contribution in [0.3, 0.4) is 0 Å². The van der Waals surface area contributed by atoms with E-state index in [9.17, 15) is 4.79 Å². The van der Waals surface area contributed by atoms with Gasteiger partial charge in [-0.15, -0.1) is 12.4 Å². The van der Waals surface area contributed by atoms with E-state index in [1.807, 2.05) is 0 Å². The molecule has 1 amide bonds. The number of halogens is 1. The third-order valence-electron chi connectivity index (χ3n) is 4.62. The molecular formula is C14H25ClN2O. The summed E-state index contributed by atoms with van der Waals surface area (Å²) < 4.78 is 0. The number of nitrogens with one attached hydrogen (secondary N) is 2. The predicted octanol–water partition coefficient (Wildman–Crippen LogP) is 2.25. The summed E-state index contributed by atoms with van der Waals surface area (Å²) in [5.74, 6) is 1.84. The maximum Gasteiger partial charge on any atom is 0.220 e. The molecule has 3 nitrogen and oxygen atoms in total. The lowest BCUT2D eigenvalue weighted by Crippen LogP contribution is -2.39. The molecule has 0 aromatic rings. The van der Waals surface area contributed by atoms with Crippen LogP contribution >= 0.6 is 12.4 Å². The third kappa shape index (κ3) is 3.86. The summed E-state index contributed by atoms with van der Waals surface area (Å²) in [4.78, 5) is 11.8. The van der Waals surface area contributed by atoms with Gasteiger partial charge in [-0.05, 0) is 43.9 Å². The summed E-state index contributed by atoms with van der Waals surface area (Å²) >= 11 is 0. The zero-order valence-electron chi connectivity index (χ0n) is 11.0. The van der Waals surface area contributed by atoms with Crippen LogP contribution in [0.1, 0.15) is 51.4 Å². The molecule has 3 fully saturated rings. The second-order valence-corrected chi connectivity index (χ2v) is 6.26. The molecule has 2 bridgehead atoms. The van der Waals surface area contributed by atoms with Gasteiger partial charge in [-0.25, -0.2) is 0 Å². The number of amides is 1. The van der Waals surface area contributed by atoms with Crippen molar-refractivity contribution in [3.8, 4) is 0 Å². The molecule has 0 spiro atoms. The van der Waals surface area contributed by atoms with E-state index in [1.165, 1.54) is 44.9 Å². The van der Waals surface area contributed by atoms with E-state index in [-0.39, 0.29) is 18.3 Å². The van der Waals surface area contributed by atoms with Crippen LogP contribution in [0.5, 0.6) is 0 Å². The highest BCUT2D eigenvalue weighted by Gasteiger charge is 2.34. The first-order valence-electron chi connectivity index (χ1n) is 7.32. The number of hydrogen-bond acceptors (Lipinski definition) is 2. The van der Waals surface area contributed by atoms with Crippen molar-refractivity contribution < 1.29 is 4.79 Å². The molecule has 2 heterocycles. The fraction of sp³-hybridized carbons (Fsp3) is 0.929. The maximum absolute atomic E-state index is 11.8. The zero-order chi connectivity index (χ0) is 11.7. The van der Waals surface area contributed by atoms with Gasteiger partial charge < -0.3 is 10.6 Å². The van der Waals surface area contributed by atoms with Crippen molar-refractivity contribution in [1.82, 2.24) is 10.6 Å². The Morgan fingerprint density at radius 2 is 1.72 bits per heavy atom. The van der Waals surface area contributed by atoms with E-state index in [4.69, 9.17) is 0 Å². The number of carbonyl (C=O) groups excluding carboxylic acids is 1. The largest absolute Gasteiger partial charge is 0.356 e. The average Bonchev–Trinajstić information content (AvgIpc) is 3.04. The van der Waals surface area contributed by atoms with Gasteiger partial charge in [0.2, 0.25) is 5.91 Å². The van der Waals surface area contributed by atoms with Crippen LogP contribution in [-0.2, 0) is 4.79 Å². The van der Waals surface area contributed by atoms with Gasteiger partial charge in [-0.1, -0.05) is 12.8 Å². The van der Waals surface area contributed by atoms with Crippen LogP contribution in [0.15, 0.2) is 0 Å². The smallest absolute Gasteiger partial charge is 0.220 e. The van der Waals surface area contributed by atoms with E-state index < -0.39 is 0 Å². The molecule has 3 aliphatic rings. The number of rotatable bonds is 5. The van der Waals surface area contributed by atoms with Gasteiger partial charge in [0.05, 0.1) is 0 Å².